The Balaban J connectivity index is 1.62. The molecule has 40 heavy (non-hydrogen) atoms. The van der Waals surface area contributed by atoms with Crippen LogP contribution in [0, 0.1) is 11.3 Å². The van der Waals surface area contributed by atoms with Gasteiger partial charge in [0.25, 0.3) is 11.8 Å². The molecule has 2 aromatic carbocycles. The number of carbonyl (C=O) groups is 2. The number of aromatic nitrogens is 2. The van der Waals surface area contributed by atoms with Gasteiger partial charge in [0.1, 0.15) is 11.6 Å². The molecule has 1 saturated heterocycles. The zero-order valence-electron chi connectivity index (χ0n) is 22.4. The number of para-hydroxylation sites is 1. The highest BCUT2D eigenvalue weighted by atomic mass is 32.2. The van der Waals surface area contributed by atoms with Crippen molar-refractivity contribution in [2.45, 2.75) is 38.0 Å². The molecule has 3 heterocycles. The molecule has 2 aliphatic heterocycles. The van der Waals surface area contributed by atoms with Crippen LogP contribution >= 0.6 is 0 Å². The van der Waals surface area contributed by atoms with Crippen molar-refractivity contribution < 1.29 is 18.0 Å². The minimum absolute atomic E-state index is 0.0722. The SMILES string of the molecule is CCN1C(=O)C(C#N)=C(C)/C(=C\c2cn(-c3ccccc3)nc2-c2ccc(S(=O)(=O)N3CCCCC3)cc2)C1=O. The smallest absolute Gasteiger partial charge is 0.271 e. The van der Waals surface area contributed by atoms with E-state index < -0.39 is 21.8 Å². The lowest BCUT2D eigenvalue weighted by atomic mass is 9.93. The van der Waals surface area contributed by atoms with Crippen LogP contribution < -0.4 is 0 Å². The van der Waals surface area contributed by atoms with Crippen LogP contribution in [0.4, 0.5) is 0 Å². The number of rotatable bonds is 6. The van der Waals surface area contributed by atoms with E-state index in [1.54, 1.807) is 55.1 Å². The Morgan fingerprint density at radius 1 is 0.975 bits per heavy atom. The van der Waals surface area contributed by atoms with E-state index in [-0.39, 0.29) is 22.6 Å². The number of hydrogen-bond acceptors (Lipinski definition) is 6. The van der Waals surface area contributed by atoms with Gasteiger partial charge in [-0.1, -0.05) is 36.8 Å². The first kappa shape index (κ1) is 27.2. The lowest BCUT2D eigenvalue weighted by Gasteiger charge is -2.26. The highest BCUT2D eigenvalue weighted by Gasteiger charge is 2.34. The van der Waals surface area contributed by atoms with Gasteiger partial charge in [0, 0.05) is 42.5 Å². The van der Waals surface area contributed by atoms with Gasteiger partial charge in [-0.05, 0) is 62.6 Å². The predicted octanol–water partition coefficient (Wildman–Crippen LogP) is 4.33. The van der Waals surface area contributed by atoms with Gasteiger partial charge in [-0.15, -0.1) is 0 Å². The fourth-order valence-electron chi connectivity index (χ4n) is 5.04. The molecular weight excluding hydrogens is 526 g/mol. The molecular formula is C30H29N5O4S. The number of benzene rings is 2. The predicted molar refractivity (Wildman–Crippen MR) is 150 cm³/mol. The second kappa shape index (κ2) is 11.0. The first-order chi connectivity index (χ1) is 19.3. The highest BCUT2D eigenvalue weighted by Crippen LogP contribution is 2.32. The van der Waals surface area contributed by atoms with E-state index in [4.69, 9.17) is 5.10 Å². The van der Waals surface area contributed by atoms with E-state index in [2.05, 4.69) is 0 Å². The number of hydrogen-bond donors (Lipinski definition) is 0. The molecule has 2 amide bonds. The Kier molecular flexibility index (Phi) is 7.52. The highest BCUT2D eigenvalue weighted by molar-refractivity contribution is 7.89. The third kappa shape index (κ3) is 4.90. The molecule has 0 saturated carbocycles. The minimum atomic E-state index is -3.59. The average Bonchev–Trinajstić information content (AvgIpc) is 3.41. The Hall–Kier alpha value is -4.33. The number of nitriles is 1. The molecule has 3 aromatic rings. The van der Waals surface area contributed by atoms with Gasteiger partial charge in [-0.2, -0.15) is 14.7 Å². The van der Waals surface area contributed by atoms with Gasteiger partial charge >= 0.3 is 0 Å². The molecule has 0 spiro atoms. The van der Waals surface area contributed by atoms with Crippen LogP contribution in [0.1, 0.15) is 38.7 Å². The lowest BCUT2D eigenvalue weighted by molar-refractivity contribution is -0.140. The molecule has 2 aliphatic rings. The molecule has 9 nitrogen and oxygen atoms in total. The van der Waals surface area contributed by atoms with Crippen LogP contribution in [0.5, 0.6) is 0 Å². The molecule has 10 heteroatoms. The average molecular weight is 556 g/mol. The molecule has 1 fully saturated rings. The van der Waals surface area contributed by atoms with Crippen molar-refractivity contribution in [3.05, 3.63) is 83.1 Å². The zero-order chi connectivity index (χ0) is 28.4. The quantitative estimate of drug-likeness (QED) is 0.330. The van der Waals surface area contributed by atoms with Gasteiger partial charge in [0.15, 0.2) is 0 Å². The molecule has 204 valence electrons. The summed E-state index contributed by atoms with van der Waals surface area (Å²) in [6.45, 7) is 4.45. The molecule has 1 aromatic heterocycles. The first-order valence-corrected chi connectivity index (χ1v) is 14.6. The lowest BCUT2D eigenvalue weighted by Crippen LogP contribution is -2.42. The van der Waals surface area contributed by atoms with E-state index in [0.29, 0.717) is 35.5 Å². The van der Waals surface area contributed by atoms with Gasteiger partial charge in [0.2, 0.25) is 10.0 Å². The van der Waals surface area contributed by atoms with Crippen molar-refractivity contribution in [2.75, 3.05) is 19.6 Å². The van der Waals surface area contributed by atoms with E-state index in [1.165, 1.54) is 4.31 Å². The van der Waals surface area contributed by atoms with Crippen LogP contribution in [-0.4, -0.2) is 58.9 Å². The Morgan fingerprint density at radius 3 is 2.27 bits per heavy atom. The topological polar surface area (TPSA) is 116 Å². The standard InChI is InChI=1S/C30H29N5O4S/c1-3-34-29(36)26(21(2)27(19-31)30(34)37)18-23-20-35(24-10-6-4-7-11-24)32-28(23)22-12-14-25(15-13-22)40(38,39)33-16-8-5-9-17-33/h4,6-7,10-15,18,20H,3,5,8-9,16-17H2,1-2H3/b26-18+. The zero-order valence-corrected chi connectivity index (χ0v) is 23.2. The van der Waals surface area contributed by atoms with Gasteiger partial charge in [-0.25, -0.2) is 13.1 Å². The van der Waals surface area contributed by atoms with Crippen molar-refractivity contribution in [1.29, 1.82) is 5.26 Å². The summed E-state index contributed by atoms with van der Waals surface area (Å²) >= 11 is 0. The van der Waals surface area contributed by atoms with Crippen LogP contribution in [0.3, 0.4) is 0 Å². The van der Waals surface area contributed by atoms with Crippen LogP contribution in [0.25, 0.3) is 23.0 Å². The van der Waals surface area contributed by atoms with Crippen molar-refractivity contribution in [3.63, 3.8) is 0 Å². The summed E-state index contributed by atoms with van der Waals surface area (Å²) in [7, 11) is -3.59. The number of piperidine rings is 1. The summed E-state index contributed by atoms with van der Waals surface area (Å²) in [4.78, 5) is 27.2. The second-order valence-electron chi connectivity index (χ2n) is 9.73. The van der Waals surface area contributed by atoms with E-state index >= 15 is 0 Å². The first-order valence-electron chi connectivity index (χ1n) is 13.2. The van der Waals surface area contributed by atoms with Crippen LogP contribution in [-0.2, 0) is 19.6 Å². The number of nitrogens with zero attached hydrogens (tertiary/aromatic N) is 5. The van der Waals surface area contributed by atoms with Crippen LogP contribution in [0.2, 0.25) is 0 Å². The third-order valence-corrected chi connectivity index (χ3v) is 9.20. The van der Waals surface area contributed by atoms with E-state index in [0.717, 1.165) is 29.8 Å². The summed E-state index contributed by atoms with van der Waals surface area (Å²) in [5, 5.41) is 14.4. The Bertz CT molecular complexity index is 1670. The molecule has 0 N–H and O–H groups in total. The summed E-state index contributed by atoms with van der Waals surface area (Å²) in [6.07, 6.45) is 6.16. The van der Waals surface area contributed by atoms with Gasteiger partial charge in [-0.3, -0.25) is 14.5 Å². The molecule has 0 radical (unpaired) electrons. The Morgan fingerprint density at radius 2 is 1.65 bits per heavy atom. The largest absolute Gasteiger partial charge is 0.274 e. The number of likely N-dealkylation sites (N-methyl/N-ethyl adjacent to an activating group) is 1. The fourth-order valence-corrected chi connectivity index (χ4v) is 6.56. The normalized spacial score (nSPS) is 17.9. The number of sulfonamides is 1. The molecule has 0 unspecified atom stereocenters. The monoisotopic (exact) mass is 555 g/mol. The Labute approximate surface area is 233 Å². The maximum Gasteiger partial charge on any atom is 0.271 e. The second-order valence-corrected chi connectivity index (χ2v) is 11.7. The summed E-state index contributed by atoms with van der Waals surface area (Å²) in [5.74, 6) is -1.08. The van der Waals surface area contributed by atoms with Crippen molar-refractivity contribution >= 4 is 27.9 Å². The summed E-state index contributed by atoms with van der Waals surface area (Å²) < 4.78 is 29.5. The number of carbonyl (C=O) groups excluding carboxylic acids is 2. The maximum absolute atomic E-state index is 13.3. The maximum atomic E-state index is 13.3. The van der Waals surface area contributed by atoms with Crippen LogP contribution in [0.15, 0.2) is 82.4 Å². The van der Waals surface area contributed by atoms with E-state index in [1.807, 2.05) is 36.4 Å². The summed E-state index contributed by atoms with van der Waals surface area (Å²) in [6, 6.07) is 18.0. The van der Waals surface area contributed by atoms with Crippen molar-refractivity contribution in [2.24, 2.45) is 0 Å². The van der Waals surface area contributed by atoms with Crippen molar-refractivity contribution in [1.82, 2.24) is 19.0 Å². The molecule has 0 bridgehead atoms. The van der Waals surface area contributed by atoms with Gasteiger partial charge in [0.05, 0.1) is 16.3 Å². The van der Waals surface area contributed by atoms with Gasteiger partial charge < -0.3 is 0 Å². The molecule has 0 aliphatic carbocycles. The minimum Gasteiger partial charge on any atom is -0.274 e. The fraction of sp³-hybridized carbons (Fsp3) is 0.267. The number of amides is 2. The third-order valence-electron chi connectivity index (χ3n) is 7.29. The number of imide groups is 1. The molecule has 5 rings (SSSR count). The molecule has 0 atom stereocenters. The van der Waals surface area contributed by atoms with E-state index in [9.17, 15) is 23.3 Å². The summed E-state index contributed by atoms with van der Waals surface area (Å²) in [5.41, 5.74) is 3.03. The van der Waals surface area contributed by atoms with Crippen molar-refractivity contribution in [3.8, 4) is 23.0 Å².